The summed E-state index contributed by atoms with van der Waals surface area (Å²) in [6, 6.07) is 17.8. The molecule has 1 heterocycles. The second-order valence-electron chi connectivity index (χ2n) is 6.89. The van der Waals surface area contributed by atoms with Crippen molar-refractivity contribution in [2.24, 2.45) is 5.92 Å². The lowest BCUT2D eigenvalue weighted by atomic mass is 9.95. The normalized spacial score (nSPS) is 25.8. The van der Waals surface area contributed by atoms with Crippen LogP contribution in [0.1, 0.15) is 18.4 Å². The molecule has 2 heteroatoms. The molecule has 0 N–H and O–H groups in total. The number of hydrogen-bond acceptors (Lipinski definition) is 2. The first kappa shape index (κ1) is 13.8. The van der Waals surface area contributed by atoms with Gasteiger partial charge in [-0.15, -0.1) is 0 Å². The van der Waals surface area contributed by atoms with E-state index in [1.165, 1.54) is 41.6 Å². The van der Waals surface area contributed by atoms with E-state index in [0.29, 0.717) is 12.2 Å². The third-order valence-electron chi connectivity index (χ3n) is 5.01. The minimum Gasteiger partial charge on any atom is -0.378 e. The molecule has 2 aromatic rings. The van der Waals surface area contributed by atoms with E-state index >= 15 is 0 Å². The first-order chi connectivity index (χ1) is 10.7. The van der Waals surface area contributed by atoms with Gasteiger partial charge in [-0.25, -0.2) is 0 Å². The summed E-state index contributed by atoms with van der Waals surface area (Å²) < 4.78 is 5.52. The minimum absolute atomic E-state index is 0.597. The molecule has 1 aliphatic heterocycles. The fourth-order valence-electron chi connectivity index (χ4n) is 3.63. The fraction of sp³-hybridized carbons (Fsp3) is 0.400. The third-order valence-corrected chi connectivity index (χ3v) is 5.01. The van der Waals surface area contributed by atoms with E-state index in [0.717, 1.165) is 5.92 Å². The Balaban J connectivity index is 1.44. The monoisotopic (exact) mass is 293 g/mol. The van der Waals surface area contributed by atoms with Crippen LogP contribution in [-0.4, -0.2) is 26.3 Å². The maximum absolute atomic E-state index is 5.52. The molecule has 22 heavy (non-hydrogen) atoms. The van der Waals surface area contributed by atoms with E-state index in [4.69, 9.17) is 4.74 Å². The van der Waals surface area contributed by atoms with Crippen molar-refractivity contribution in [1.82, 2.24) is 0 Å². The average Bonchev–Trinajstić information content (AvgIpc) is 3.15. The molecule has 2 aromatic carbocycles. The predicted octanol–water partition coefficient (Wildman–Crippen LogP) is 4.14. The molecule has 0 unspecified atom stereocenters. The average molecular weight is 293 g/mol. The summed E-state index contributed by atoms with van der Waals surface area (Å²) in [5.41, 5.74) is 5.28. The molecule has 0 radical (unpaired) electrons. The van der Waals surface area contributed by atoms with Crippen LogP contribution in [0.15, 0.2) is 48.5 Å². The van der Waals surface area contributed by atoms with Crippen LogP contribution in [0.25, 0.3) is 11.1 Å². The molecule has 3 atom stereocenters. The quantitative estimate of drug-likeness (QED) is 0.787. The number of anilines is 1. The Morgan fingerprint density at radius 2 is 1.41 bits per heavy atom. The molecule has 1 aliphatic carbocycles. The van der Waals surface area contributed by atoms with Crippen molar-refractivity contribution in [3.05, 3.63) is 54.1 Å². The number of benzene rings is 2. The van der Waals surface area contributed by atoms with Crippen molar-refractivity contribution in [3.63, 3.8) is 0 Å². The Morgan fingerprint density at radius 1 is 0.864 bits per heavy atom. The Bertz CT molecular complexity index is 634. The van der Waals surface area contributed by atoms with E-state index in [2.05, 4.69) is 67.5 Å². The Hall–Kier alpha value is -1.80. The molecule has 1 saturated heterocycles. The minimum atomic E-state index is 0.597. The molecular formula is C20H23NO. The fourth-order valence-corrected chi connectivity index (χ4v) is 3.63. The van der Waals surface area contributed by atoms with Crippen LogP contribution in [0.3, 0.4) is 0 Å². The van der Waals surface area contributed by atoms with Gasteiger partial charge < -0.3 is 9.64 Å². The summed E-state index contributed by atoms with van der Waals surface area (Å²) in [5.74, 6) is 0.828. The first-order valence-corrected chi connectivity index (χ1v) is 8.21. The summed E-state index contributed by atoms with van der Waals surface area (Å²) in [4.78, 5) is 2.13. The van der Waals surface area contributed by atoms with Gasteiger partial charge in [0.15, 0.2) is 0 Å². The van der Waals surface area contributed by atoms with Crippen LogP contribution in [0.5, 0.6) is 0 Å². The van der Waals surface area contributed by atoms with Gasteiger partial charge in [0.05, 0.1) is 12.2 Å². The standard InChI is InChI=1S/C20H23NO/c1-21(2)18-9-7-17(8-10-18)16-5-3-14(4-6-16)11-15-12-19-20(13-15)22-19/h3-10,15,19-20H,11-13H2,1-2H3/t15-,19-,20+. The second kappa shape index (κ2) is 5.44. The number of epoxide rings is 1. The smallest absolute Gasteiger partial charge is 0.0844 e. The van der Waals surface area contributed by atoms with Gasteiger partial charge in [0.2, 0.25) is 0 Å². The zero-order valence-corrected chi connectivity index (χ0v) is 13.3. The lowest BCUT2D eigenvalue weighted by Gasteiger charge is -2.13. The number of rotatable bonds is 4. The molecule has 1 saturated carbocycles. The number of ether oxygens (including phenoxy) is 1. The highest BCUT2D eigenvalue weighted by atomic mass is 16.6. The first-order valence-electron chi connectivity index (χ1n) is 8.21. The SMILES string of the molecule is CN(C)c1ccc(-c2ccc(C[C@H]3C[C@@H]4O[C@@H]4C3)cc2)cc1. The largest absolute Gasteiger partial charge is 0.378 e. The Morgan fingerprint density at radius 3 is 1.95 bits per heavy atom. The summed E-state index contributed by atoms with van der Waals surface area (Å²) in [6.07, 6.45) is 4.92. The third kappa shape index (κ3) is 2.76. The summed E-state index contributed by atoms with van der Waals surface area (Å²) in [5, 5.41) is 0. The highest BCUT2D eigenvalue weighted by Gasteiger charge is 2.47. The summed E-state index contributed by atoms with van der Waals surface area (Å²) in [7, 11) is 4.14. The van der Waals surface area contributed by atoms with Crippen LogP contribution < -0.4 is 4.90 Å². The van der Waals surface area contributed by atoms with Crippen molar-refractivity contribution >= 4 is 5.69 Å². The van der Waals surface area contributed by atoms with Gasteiger partial charge >= 0.3 is 0 Å². The van der Waals surface area contributed by atoms with Gasteiger partial charge in [-0.05, 0) is 54.0 Å². The van der Waals surface area contributed by atoms with Crippen LogP contribution >= 0.6 is 0 Å². The zero-order chi connectivity index (χ0) is 15.1. The van der Waals surface area contributed by atoms with Gasteiger partial charge in [-0.3, -0.25) is 0 Å². The Labute approximate surface area is 132 Å². The van der Waals surface area contributed by atoms with Gasteiger partial charge in [-0.1, -0.05) is 36.4 Å². The molecule has 4 rings (SSSR count). The molecule has 0 amide bonds. The highest BCUT2D eigenvalue weighted by Crippen LogP contribution is 2.43. The Kier molecular flexibility index (Phi) is 3.42. The second-order valence-corrected chi connectivity index (χ2v) is 6.89. The topological polar surface area (TPSA) is 15.8 Å². The van der Waals surface area contributed by atoms with Crippen LogP contribution in [-0.2, 0) is 11.2 Å². The molecule has 2 fully saturated rings. The van der Waals surface area contributed by atoms with E-state index in [-0.39, 0.29) is 0 Å². The summed E-state index contributed by atoms with van der Waals surface area (Å²) in [6.45, 7) is 0. The lowest BCUT2D eigenvalue weighted by molar-refractivity contribution is 0.272. The number of fused-ring (bicyclic) bond motifs is 1. The van der Waals surface area contributed by atoms with Crippen molar-refractivity contribution in [3.8, 4) is 11.1 Å². The summed E-state index contributed by atoms with van der Waals surface area (Å²) >= 11 is 0. The van der Waals surface area contributed by atoms with Crippen LogP contribution in [0.4, 0.5) is 5.69 Å². The van der Waals surface area contributed by atoms with Gasteiger partial charge in [0, 0.05) is 19.8 Å². The van der Waals surface area contributed by atoms with Crippen LogP contribution in [0, 0.1) is 5.92 Å². The maximum Gasteiger partial charge on any atom is 0.0844 e. The maximum atomic E-state index is 5.52. The molecular weight excluding hydrogens is 270 g/mol. The zero-order valence-electron chi connectivity index (χ0n) is 13.3. The van der Waals surface area contributed by atoms with Crippen LogP contribution in [0.2, 0.25) is 0 Å². The number of nitrogens with zero attached hydrogens (tertiary/aromatic N) is 1. The van der Waals surface area contributed by atoms with Crippen molar-refractivity contribution in [2.45, 2.75) is 31.5 Å². The molecule has 0 bridgehead atoms. The molecule has 2 aliphatic rings. The molecule has 0 aromatic heterocycles. The van der Waals surface area contributed by atoms with Crippen molar-refractivity contribution in [1.29, 1.82) is 0 Å². The molecule has 114 valence electrons. The number of hydrogen-bond donors (Lipinski definition) is 0. The van der Waals surface area contributed by atoms with E-state index in [1.54, 1.807) is 0 Å². The van der Waals surface area contributed by atoms with Gasteiger partial charge in [-0.2, -0.15) is 0 Å². The van der Waals surface area contributed by atoms with Crippen molar-refractivity contribution < 1.29 is 4.74 Å². The van der Waals surface area contributed by atoms with E-state index in [1.807, 2.05) is 0 Å². The molecule has 0 spiro atoms. The van der Waals surface area contributed by atoms with E-state index in [9.17, 15) is 0 Å². The van der Waals surface area contributed by atoms with Crippen molar-refractivity contribution in [2.75, 3.05) is 19.0 Å². The van der Waals surface area contributed by atoms with E-state index < -0.39 is 0 Å². The predicted molar refractivity (Wildman–Crippen MR) is 91.3 cm³/mol. The lowest BCUT2D eigenvalue weighted by Crippen LogP contribution is -2.07. The highest BCUT2D eigenvalue weighted by molar-refractivity contribution is 5.66. The van der Waals surface area contributed by atoms with Gasteiger partial charge in [0.25, 0.3) is 0 Å². The molecule has 2 nitrogen and oxygen atoms in total. The van der Waals surface area contributed by atoms with Gasteiger partial charge in [0.1, 0.15) is 0 Å².